The summed E-state index contributed by atoms with van der Waals surface area (Å²) < 4.78 is 0. The Hall–Kier alpha value is -0.570. The van der Waals surface area contributed by atoms with Crippen LogP contribution in [0.5, 0.6) is 0 Å². The van der Waals surface area contributed by atoms with Crippen LogP contribution in [0.2, 0.25) is 0 Å². The van der Waals surface area contributed by atoms with Crippen molar-refractivity contribution in [3.63, 3.8) is 0 Å². The van der Waals surface area contributed by atoms with Crippen molar-refractivity contribution >= 4 is 5.91 Å². The molecule has 104 valence electrons. The van der Waals surface area contributed by atoms with Gasteiger partial charge in [-0.15, -0.1) is 0 Å². The Labute approximate surface area is 110 Å². The molecule has 2 fully saturated rings. The van der Waals surface area contributed by atoms with E-state index in [1.807, 2.05) is 0 Å². The fraction of sp³-hybridized carbons (Fsp3) is 0.933. The van der Waals surface area contributed by atoms with Gasteiger partial charge in [0.05, 0.1) is 0 Å². The summed E-state index contributed by atoms with van der Waals surface area (Å²) in [5, 5.41) is 12.4. The number of aliphatic hydroxyl groups excluding tert-OH is 1. The molecule has 0 aromatic rings. The summed E-state index contributed by atoms with van der Waals surface area (Å²) >= 11 is 0. The Balaban J connectivity index is 1.83. The monoisotopic (exact) mass is 253 g/mol. The van der Waals surface area contributed by atoms with Crippen molar-refractivity contribution in [2.24, 2.45) is 28.6 Å². The van der Waals surface area contributed by atoms with Gasteiger partial charge in [-0.25, -0.2) is 0 Å². The number of aliphatic hydroxyl groups is 1. The standard InChI is InChI=1S/C15H27NO2/c1-14(2)12(15(14,3)4)13(18)16-8-10-6-5-7-11(10)9-17/h10-12,17H,5-9H2,1-4H3,(H,16,18). The summed E-state index contributed by atoms with van der Waals surface area (Å²) in [5.74, 6) is 1.21. The summed E-state index contributed by atoms with van der Waals surface area (Å²) in [6, 6.07) is 0. The SMILES string of the molecule is CC1(C)C(C(=O)NCC2CCCC2CO)C1(C)C. The second kappa shape index (κ2) is 4.52. The maximum absolute atomic E-state index is 12.2. The Morgan fingerprint density at radius 2 is 1.72 bits per heavy atom. The zero-order valence-corrected chi connectivity index (χ0v) is 12.1. The van der Waals surface area contributed by atoms with E-state index in [9.17, 15) is 9.90 Å². The molecule has 2 aliphatic carbocycles. The van der Waals surface area contributed by atoms with Crippen LogP contribution in [0.15, 0.2) is 0 Å². The van der Waals surface area contributed by atoms with E-state index in [0.717, 1.165) is 19.4 Å². The molecule has 2 atom stereocenters. The Bertz CT molecular complexity index is 321. The molecule has 2 unspecified atom stereocenters. The number of hydrogen-bond donors (Lipinski definition) is 2. The van der Waals surface area contributed by atoms with Gasteiger partial charge in [-0.05, 0) is 35.5 Å². The lowest BCUT2D eigenvalue weighted by atomic mass is 9.97. The Morgan fingerprint density at radius 3 is 2.22 bits per heavy atom. The van der Waals surface area contributed by atoms with Crippen molar-refractivity contribution in [1.29, 1.82) is 0 Å². The van der Waals surface area contributed by atoms with Gasteiger partial charge in [-0.3, -0.25) is 4.79 Å². The third-order valence-electron chi connectivity index (χ3n) is 5.87. The van der Waals surface area contributed by atoms with Gasteiger partial charge in [-0.2, -0.15) is 0 Å². The van der Waals surface area contributed by atoms with Gasteiger partial charge < -0.3 is 10.4 Å². The number of rotatable bonds is 4. The number of nitrogens with one attached hydrogen (secondary N) is 1. The van der Waals surface area contributed by atoms with Gasteiger partial charge in [0.1, 0.15) is 0 Å². The fourth-order valence-corrected chi connectivity index (χ4v) is 3.81. The van der Waals surface area contributed by atoms with E-state index in [2.05, 4.69) is 33.0 Å². The number of carbonyl (C=O) groups is 1. The van der Waals surface area contributed by atoms with Crippen LogP contribution >= 0.6 is 0 Å². The van der Waals surface area contributed by atoms with Gasteiger partial charge in [0, 0.05) is 19.1 Å². The van der Waals surface area contributed by atoms with Crippen LogP contribution in [-0.4, -0.2) is 24.2 Å². The highest BCUT2D eigenvalue weighted by Crippen LogP contribution is 2.68. The van der Waals surface area contributed by atoms with E-state index in [0.29, 0.717) is 11.8 Å². The quantitative estimate of drug-likeness (QED) is 0.807. The zero-order valence-electron chi connectivity index (χ0n) is 12.1. The van der Waals surface area contributed by atoms with Crippen molar-refractivity contribution in [2.75, 3.05) is 13.2 Å². The molecule has 0 bridgehead atoms. The van der Waals surface area contributed by atoms with Crippen molar-refractivity contribution in [2.45, 2.75) is 47.0 Å². The van der Waals surface area contributed by atoms with Crippen molar-refractivity contribution in [3.05, 3.63) is 0 Å². The van der Waals surface area contributed by atoms with Crippen molar-refractivity contribution < 1.29 is 9.90 Å². The molecule has 0 aromatic heterocycles. The predicted octanol–water partition coefficient (Wildman–Crippen LogP) is 2.19. The first kappa shape index (κ1) is 13.9. The van der Waals surface area contributed by atoms with E-state index in [1.165, 1.54) is 6.42 Å². The second-order valence-corrected chi connectivity index (χ2v) is 7.26. The first-order chi connectivity index (χ1) is 8.32. The van der Waals surface area contributed by atoms with E-state index >= 15 is 0 Å². The minimum absolute atomic E-state index is 0.114. The molecule has 0 radical (unpaired) electrons. The summed E-state index contributed by atoms with van der Waals surface area (Å²) in [4.78, 5) is 12.2. The lowest BCUT2D eigenvalue weighted by Gasteiger charge is -2.18. The van der Waals surface area contributed by atoms with Crippen LogP contribution in [0.4, 0.5) is 0 Å². The molecule has 0 aromatic carbocycles. The molecule has 18 heavy (non-hydrogen) atoms. The van der Waals surface area contributed by atoms with Crippen LogP contribution in [0, 0.1) is 28.6 Å². The van der Waals surface area contributed by atoms with Crippen LogP contribution in [0.25, 0.3) is 0 Å². The highest BCUT2D eigenvalue weighted by molar-refractivity contribution is 5.84. The van der Waals surface area contributed by atoms with Crippen LogP contribution < -0.4 is 5.32 Å². The van der Waals surface area contributed by atoms with Crippen LogP contribution in [0.1, 0.15) is 47.0 Å². The minimum Gasteiger partial charge on any atom is -0.396 e. The largest absolute Gasteiger partial charge is 0.396 e. The number of amides is 1. The first-order valence-corrected chi connectivity index (χ1v) is 7.21. The molecule has 2 saturated carbocycles. The first-order valence-electron chi connectivity index (χ1n) is 7.21. The topological polar surface area (TPSA) is 49.3 Å². The molecular formula is C15H27NO2. The molecule has 0 heterocycles. The average Bonchev–Trinajstić information content (AvgIpc) is 2.67. The summed E-state index contributed by atoms with van der Waals surface area (Å²) in [6.07, 6.45) is 3.44. The number of carbonyl (C=O) groups excluding carboxylic acids is 1. The summed E-state index contributed by atoms with van der Waals surface area (Å²) in [7, 11) is 0. The zero-order chi connectivity index (χ0) is 13.6. The van der Waals surface area contributed by atoms with E-state index in [1.54, 1.807) is 0 Å². The predicted molar refractivity (Wildman–Crippen MR) is 72.0 cm³/mol. The molecular weight excluding hydrogens is 226 g/mol. The molecule has 0 saturated heterocycles. The van der Waals surface area contributed by atoms with E-state index < -0.39 is 0 Å². The van der Waals surface area contributed by atoms with Crippen molar-refractivity contribution in [3.8, 4) is 0 Å². The van der Waals surface area contributed by atoms with Crippen LogP contribution in [0.3, 0.4) is 0 Å². The third-order valence-corrected chi connectivity index (χ3v) is 5.87. The van der Waals surface area contributed by atoms with Gasteiger partial charge >= 0.3 is 0 Å². The fourth-order valence-electron chi connectivity index (χ4n) is 3.81. The summed E-state index contributed by atoms with van der Waals surface area (Å²) in [6.45, 7) is 9.69. The lowest BCUT2D eigenvalue weighted by molar-refractivity contribution is -0.123. The molecule has 3 nitrogen and oxygen atoms in total. The molecule has 0 spiro atoms. The highest BCUT2D eigenvalue weighted by atomic mass is 16.3. The molecule has 1 amide bonds. The summed E-state index contributed by atoms with van der Waals surface area (Å²) in [5.41, 5.74) is 0.228. The Kier molecular flexibility index (Phi) is 3.48. The minimum atomic E-state index is 0.114. The molecule has 3 heteroatoms. The van der Waals surface area contributed by atoms with Gasteiger partial charge in [0.15, 0.2) is 0 Å². The van der Waals surface area contributed by atoms with Gasteiger partial charge in [-0.1, -0.05) is 34.1 Å². The third kappa shape index (κ3) is 2.07. The van der Waals surface area contributed by atoms with E-state index in [-0.39, 0.29) is 29.3 Å². The van der Waals surface area contributed by atoms with E-state index in [4.69, 9.17) is 0 Å². The Morgan fingerprint density at radius 1 is 1.17 bits per heavy atom. The normalized spacial score (nSPS) is 33.4. The second-order valence-electron chi connectivity index (χ2n) is 7.26. The molecule has 2 N–H and O–H groups in total. The van der Waals surface area contributed by atoms with Gasteiger partial charge in [0.25, 0.3) is 0 Å². The number of hydrogen-bond acceptors (Lipinski definition) is 2. The molecule has 2 rings (SSSR count). The maximum Gasteiger partial charge on any atom is 0.224 e. The maximum atomic E-state index is 12.2. The van der Waals surface area contributed by atoms with Crippen LogP contribution in [-0.2, 0) is 4.79 Å². The average molecular weight is 253 g/mol. The smallest absolute Gasteiger partial charge is 0.224 e. The highest BCUT2D eigenvalue weighted by Gasteiger charge is 2.68. The van der Waals surface area contributed by atoms with Crippen molar-refractivity contribution in [1.82, 2.24) is 5.32 Å². The molecule has 2 aliphatic rings. The molecule has 0 aliphatic heterocycles. The van der Waals surface area contributed by atoms with Gasteiger partial charge in [0.2, 0.25) is 5.91 Å². The lowest BCUT2D eigenvalue weighted by Crippen LogP contribution is -2.34.